The van der Waals surface area contributed by atoms with Gasteiger partial charge in [-0.2, -0.15) is 0 Å². The summed E-state index contributed by atoms with van der Waals surface area (Å²) in [6.45, 7) is 3.74. The van der Waals surface area contributed by atoms with Crippen LogP contribution in [-0.2, 0) is 19.1 Å². The van der Waals surface area contributed by atoms with E-state index in [-0.39, 0.29) is 37.4 Å². The summed E-state index contributed by atoms with van der Waals surface area (Å²) in [5.41, 5.74) is -0.923. The smallest absolute Gasteiger partial charge is 0.327 e. The maximum absolute atomic E-state index is 12.0. The molecule has 1 rings (SSSR count). The van der Waals surface area contributed by atoms with Crippen LogP contribution in [0.1, 0.15) is 20.3 Å². The molecule has 0 spiro atoms. The predicted octanol–water partition coefficient (Wildman–Crippen LogP) is -0.216. The lowest BCUT2D eigenvalue weighted by Gasteiger charge is -2.27. The van der Waals surface area contributed by atoms with E-state index in [4.69, 9.17) is 9.47 Å². The van der Waals surface area contributed by atoms with Crippen LogP contribution in [0.3, 0.4) is 0 Å². The molecule has 0 atom stereocenters. The average Bonchev–Trinajstić information content (AvgIpc) is 2.59. The third-order valence-electron chi connectivity index (χ3n) is 3.57. The van der Waals surface area contributed by atoms with E-state index in [1.54, 1.807) is 13.8 Å². The Kier molecular flexibility index (Phi) is 5.68. The monoisotopic (exact) mass is 301 g/mol. The van der Waals surface area contributed by atoms with Crippen molar-refractivity contribution < 1.29 is 23.9 Å². The fraction of sp³-hybridized carbons (Fsp3) is 0.769. The van der Waals surface area contributed by atoms with Crippen molar-refractivity contribution in [2.24, 2.45) is 0 Å². The zero-order valence-corrected chi connectivity index (χ0v) is 13.1. The Morgan fingerprint density at radius 1 is 1.29 bits per heavy atom. The molecule has 4 amide bonds. The van der Waals surface area contributed by atoms with Gasteiger partial charge in [-0.25, -0.2) is 4.79 Å². The Hall–Kier alpha value is -1.67. The zero-order chi connectivity index (χ0) is 16.2. The fourth-order valence-electron chi connectivity index (χ4n) is 2.17. The molecule has 1 N–H and O–H groups in total. The minimum Gasteiger partial charge on any atom is -0.354 e. The first-order chi connectivity index (χ1) is 9.75. The topological polar surface area (TPSA) is 88.2 Å². The second kappa shape index (κ2) is 6.86. The van der Waals surface area contributed by atoms with Crippen molar-refractivity contribution in [2.45, 2.75) is 32.1 Å². The highest BCUT2D eigenvalue weighted by molar-refractivity contribution is 6.06. The second-order valence-corrected chi connectivity index (χ2v) is 5.31. The van der Waals surface area contributed by atoms with Crippen molar-refractivity contribution >= 4 is 17.8 Å². The highest BCUT2D eigenvalue weighted by atomic mass is 16.7. The molecule has 0 aromatic heterocycles. The number of urea groups is 1. The van der Waals surface area contributed by atoms with Crippen molar-refractivity contribution in [3.05, 3.63) is 0 Å². The number of likely N-dealkylation sites (N-methyl/N-ethyl adjacent to an activating group) is 1. The van der Waals surface area contributed by atoms with Gasteiger partial charge in [-0.3, -0.25) is 14.5 Å². The second-order valence-electron chi connectivity index (χ2n) is 5.31. The maximum Gasteiger partial charge on any atom is 0.327 e. The highest BCUT2D eigenvalue weighted by Gasteiger charge is 2.49. The van der Waals surface area contributed by atoms with Gasteiger partial charge in [0.15, 0.2) is 6.29 Å². The van der Waals surface area contributed by atoms with E-state index in [1.807, 2.05) is 0 Å². The van der Waals surface area contributed by atoms with Gasteiger partial charge in [0.25, 0.3) is 5.91 Å². The largest absolute Gasteiger partial charge is 0.354 e. The molecule has 1 aliphatic rings. The summed E-state index contributed by atoms with van der Waals surface area (Å²) in [5.74, 6) is -0.508. The van der Waals surface area contributed by atoms with Crippen LogP contribution in [-0.4, -0.2) is 73.8 Å². The number of nitrogens with one attached hydrogen (secondary N) is 1. The molecule has 8 nitrogen and oxygen atoms in total. The Morgan fingerprint density at radius 2 is 1.86 bits per heavy atom. The first-order valence-corrected chi connectivity index (χ1v) is 6.67. The minimum absolute atomic E-state index is 0.108. The third kappa shape index (κ3) is 3.70. The van der Waals surface area contributed by atoms with Crippen molar-refractivity contribution in [3.8, 4) is 0 Å². The van der Waals surface area contributed by atoms with E-state index < -0.39 is 11.8 Å². The molecule has 0 unspecified atom stereocenters. The van der Waals surface area contributed by atoms with Gasteiger partial charge in [0.05, 0.1) is 6.54 Å². The van der Waals surface area contributed by atoms with E-state index in [0.717, 1.165) is 4.90 Å². The molecular weight excluding hydrogens is 278 g/mol. The molecular formula is C13H23N3O5. The number of methoxy groups -OCH3 is 2. The molecule has 0 bridgehead atoms. The molecule has 1 heterocycles. The summed E-state index contributed by atoms with van der Waals surface area (Å²) in [7, 11) is 4.40. The number of hydrogen-bond donors (Lipinski definition) is 1. The number of hydrogen-bond acceptors (Lipinski definition) is 5. The average molecular weight is 301 g/mol. The summed E-state index contributed by atoms with van der Waals surface area (Å²) < 4.78 is 9.91. The molecule has 1 aliphatic heterocycles. The van der Waals surface area contributed by atoms with Crippen LogP contribution in [0.15, 0.2) is 0 Å². The normalized spacial score (nSPS) is 17.8. The van der Waals surface area contributed by atoms with Gasteiger partial charge in [-0.1, -0.05) is 0 Å². The Labute approximate surface area is 124 Å². The quantitative estimate of drug-likeness (QED) is 0.519. The summed E-state index contributed by atoms with van der Waals surface area (Å²) in [5, 5.41) is 2.65. The van der Waals surface area contributed by atoms with Crippen LogP contribution in [0.2, 0.25) is 0 Å². The minimum atomic E-state index is -0.923. The van der Waals surface area contributed by atoms with E-state index >= 15 is 0 Å². The van der Waals surface area contributed by atoms with Gasteiger partial charge in [-0.15, -0.1) is 0 Å². The predicted molar refractivity (Wildman–Crippen MR) is 74.4 cm³/mol. The van der Waals surface area contributed by atoms with Crippen LogP contribution in [0.5, 0.6) is 0 Å². The van der Waals surface area contributed by atoms with Crippen LogP contribution < -0.4 is 5.32 Å². The van der Waals surface area contributed by atoms with Crippen molar-refractivity contribution in [1.29, 1.82) is 0 Å². The number of rotatable bonds is 7. The fourth-order valence-corrected chi connectivity index (χ4v) is 2.17. The lowest BCUT2D eigenvalue weighted by Crippen LogP contribution is -2.46. The van der Waals surface area contributed by atoms with Gasteiger partial charge in [0, 0.05) is 34.2 Å². The lowest BCUT2D eigenvalue weighted by molar-refractivity contribution is -0.132. The summed E-state index contributed by atoms with van der Waals surface area (Å²) in [4.78, 5) is 38.1. The van der Waals surface area contributed by atoms with Crippen LogP contribution in [0.25, 0.3) is 0 Å². The van der Waals surface area contributed by atoms with Gasteiger partial charge >= 0.3 is 6.03 Å². The molecule has 1 fully saturated rings. The van der Waals surface area contributed by atoms with Crippen molar-refractivity contribution in [3.63, 3.8) is 0 Å². The van der Waals surface area contributed by atoms with Gasteiger partial charge in [0.1, 0.15) is 5.54 Å². The Morgan fingerprint density at radius 3 is 2.29 bits per heavy atom. The van der Waals surface area contributed by atoms with E-state index in [9.17, 15) is 14.4 Å². The SMILES string of the molecule is COC(CNC(=O)CCN1C(=O)N(C)C(=O)C1(C)C)OC. The maximum atomic E-state index is 12.0. The number of ether oxygens (including phenoxy) is 2. The van der Waals surface area contributed by atoms with E-state index in [2.05, 4.69) is 5.32 Å². The van der Waals surface area contributed by atoms with E-state index in [1.165, 1.54) is 26.2 Å². The third-order valence-corrected chi connectivity index (χ3v) is 3.57. The number of imide groups is 1. The standard InChI is InChI=1S/C13H23N3O5/c1-13(2)11(18)15(3)12(19)16(13)7-6-9(17)14-8-10(20-4)21-5/h10H,6-8H2,1-5H3,(H,14,17). The summed E-state index contributed by atoms with van der Waals surface area (Å²) >= 11 is 0. The Balaban J connectivity index is 2.49. The van der Waals surface area contributed by atoms with Crippen molar-refractivity contribution in [2.75, 3.05) is 34.4 Å². The molecule has 1 saturated heterocycles. The van der Waals surface area contributed by atoms with Crippen LogP contribution in [0, 0.1) is 0 Å². The molecule has 21 heavy (non-hydrogen) atoms. The van der Waals surface area contributed by atoms with Gasteiger partial charge in [0.2, 0.25) is 5.91 Å². The van der Waals surface area contributed by atoms with Gasteiger partial charge in [-0.05, 0) is 13.8 Å². The molecule has 0 radical (unpaired) electrons. The number of nitrogens with zero attached hydrogens (tertiary/aromatic N) is 2. The number of carbonyl (C=O) groups is 3. The number of amides is 4. The summed E-state index contributed by atoms with van der Waals surface area (Å²) in [6.07, 6.45) is -0.400. The number of carbonyl (C=O) groups excluding carboxylic acids is 3. The molecule has 0 aromatic carbocycles. The highest BCUT2D eigenvalue weighted by Crippen LogP contribution is 2.26. The van der Waals surface area contributed by atoms with Crippen LogP contribution >= 0.6 is 0 Å². The summed E-state index contributed by atoms with van der Waals surface area (Å²) in [6, 6.07) is -0.385. The molecule has 8 heteroatoms. The first-order valence-electron chi connectivity index (χ1n) is 6.67. The molecule has 0 aromatic rings. The molecule has 0 saturated carbocycles. The first kappa shape index (κ1) is 17.4. The van der Waals surface area contributed by atoms with Gasteiger partial charge < -0.3 is 19.7 Å². The van der Waals surface area contributed by atoms with Crippen molar-refractivity contribution in [1.82, 2.24) is 15.1 Å². The van der Waals surface area contributed by atoms with E-state index in [0.29, 0.717) is 0 Å². The Bertz CT molecular complexity index is 420. The molecule has 120 valence electrons. The zero-order valence-electron chi connectivity index (χ0n) is 13.1. The molecule has 0 aliphatic carbocycles. The van der Waals surface area contributed by atoms with Crippen LogP contribution in [0.4, 0.5) is 4.79 Å². The lowest BCUT2D eigenvalue weighted by atomic mass is 10.0.